The quantitative estimate of drug-likeness (QED) is 0.258. The number of hydrogen-bond acceptors (Lipinski definition) is 6. The zero-order chi connectivity index (χ0) is 22.6. The highest BCUT2D eigenvalue weighted by Gasteiger charge is 2.20. The Morgan fingerprint density at radius 3 is 2.56 bits per heavy atom. The maximum absolute atomic E-state index is 12.5. The molecule has 0 saturated heterocycles. The molecule has 0 fully saturated rings. The molecule has 0 bridgehead atoms. The minimum absolute atomic E-state index is 0.340. The second-order valence-electron chi connectivity index (χ2n) is 7.38. The Bertz CT molecular complexity index is 961. The Morgan fingerprint density at radius 2 is 1.88 bits per heavy atom. The van der Waals surface area contributed by atoms with Crippen molar-refractivity contribution in [1.82, 2.24) is 30.9 Å². The summed E-state index contributed by atoms with van der Waals surface area (Å²) in [5.74, 6) is -1.43. The van der Waals surface area contributed by atoms with Crippen molar-refractivity contribution in [3.05, 3.63) is 83.7 Å². The molecule has 0 spiro atoms. The van der Waals surface area contributed by atoms with E-state index in [0.29, 0.717) is 44.6 Å². The average molecular weight is 437 g/mol. The van der Waals surface area contributed by atoms with Crippen LogP contribution in [0.2, 0.25) is 0 Å². The smallest absolute Gasteiger partial charge is 0.326 e. The maximum Gasteiger partial charge on any atom is 0.326 e. The summed E-state index contributed by atoms with van der Waals surface area (Å²) in [6, 6.07) is 12.0. The number of aromatic amines is 1. The van der Waals surface area contributed by atoms with E-state index in [1.165, 1.54) is 0 Å². The molecule has 168 valence electrons. The van der Waals surface area contributed by atoms with E-state index in [9.17, 15) is 14.7 Å². The van der Waals surface area contributed by atoms with Gasteiger partial charge in [-0.1, -0.05) is 18.2 Å². The summed E-state index contributed by atoms with van der Waals surface area (Å²) >= 11 is 0. The van der Waals surface area contributed by atoms with Gasteiger partial charge < -0.3 is 26.0 Å². The topological polar surface area (TPSA) is 132 Å². The van der Waals surface area contributed by atoms with E-state index >= 15 is 0 Å². The van der Waals surface area contributed by atoms with E-state index in [-0.39, 0.29) is 0 Å². The third-order valence-electron chi connectivity index (χ3n) is 4.90. The summed E-state index contributed by atoms with van der Waals surface area (Å²) in [5, 5.41) is 18.6. The maximum atomic E-state index is 12.5. The van der Waals surface area contributed by atoms with E-state index in [1.54, 1.807) is 30.9 Å². The van der Waals surface area contributed by atoms with Crippen molar-refractivity contribution in [2.75, 3.05) is 6.54 Å². The van der Waals surface area contributed by atoms with Crippen LogP contribution in [-0.2, 0) is 24.4 Å². The van der Waals surface area contributed by atoms with Crippen molar-refractivity contribution in [3.8, 4) is 0 Å². The second-order valence-corrected chi connectivity index (χ2v) is 7.38. The Morgan fingerprint density at radius 1 is 1.03 bits per heavy atom. The van der Waals surface area contributed by atoms with Crippen molar-refractivity contribution in [2.45, 2.75) is 38.5 Å². The number of carboxylic acids is 1. The number of aromatic nitrogens is 3. The van der Waals surface area contributed by atoms with Crippen LogP contribution in [0.25, 0.3) is 0 Å². The molecule has 3 rings (SSSR count). The fourth-order valence-electron chi connectivity index (χ4n) is 3.15. The largest absolute Gasteiger partial charge is 0.480 e. The standard InChI is InChI=1S/C23H28N6O3/c30-22(29-21(23(31)32)5-3-10-24-14-20-15-26-16-28-20)18-8-6-17(7-9-18)12-25-13-19-4-1-2-11-27-19/h1-2,4,6-9,11,15-16,21,24-25H,3,5,10,12-14H2,(H,26,28)(H,29,30)(H,31,32)/t21-/m0/s1. The summed E-state index contributed by atoms with van der Waals surface area (Å²) in [6.07, 6.45) is 6.05. The number of nitrogens with zero attached hydrogens (tertiary/aromatic N) is 2. The third-order valence-corrected chi connectivity index (χ3v) is 4.90. The van der Waals surface area contributed by atoms with E-state index in [4.69, 9.17) is 0 Å². The molecular weight excluding hydrogens is 408 g/mol. The van der Waals surface area contributed by atoms with Crippen LogP contribution < -0.4 is 16.0 Å². The van der Waals surface area contributed by atoms with Crippen LogP contribution in [0.1, 0.15) is 40.2 Å². The number of aliphatic carboxylic acids is 1. The van der Waals surface area contributed by atoms with E-state index < -0.39 is 17.9 Å². The molecule has 3 aromatic rings. The monoisotopic (exact) mass is 436 g/mol. The molecule has 1 amide bonds. The van der Waals surface area contributed by atoms with Crippen LogP contribution in [0.5, 0.6) is 0 Å². The molecule has 5 N–H and O–H groups in total. The average Bonchev–Trinajstić information content (AvgIpc) is 3.32. The zero-order valence-corrected chi connectivity index (χ0v) is 17.8. The van der Waals surface area contributed by atoms with Gasteiger partial charge in [0, 0.05) is 43.3 Å². The highest BCUT2D eigenvalue weighted by atomic mass is 16.4. The molecule has 0 aliphatic rings. The van der Waals surface area contributed by atoms with Gasteiger partial charge in [-0.05, 0) is 49.2 Å². The van der Waals surface area contributed by atoms with Crippen molar-refractivity contribution in [3.63, 3.8) is 0 Å². The van der Waals surface area contributed by atoms with Crippen LogP contribution in [0, 0.1) is 0 Å². The molecule has 0 aliphatic carbocycles. The Kier molecular flexibility index (Phi) is 8.91. The molecule has 2 heterocycles. The van der Waals surface area contributed by atoms with Gasteiger partial charge >= 0.3 is 5.97 Å². The van der Waals surface area contributed by atoms with Crippen LogP contribution in [0.15, 0.2) is 61.2 Å². The molecular formula is C23H28N6O3. The number of H-pyrrole nitrogens is 1. The summed E-state index contributed by atoms with van der Waals surface area (Å²) in [4.78, 5) is 35.2. The fraction of sp³-hybridized carbons (Fsp3) is 0.304. The number of amides is 1. The predicted octanol–water partition coefficient (Wildman–Crippen LogP) is 1.85. The Balaban J connectivity index is 1.40. The highest BCUT2D eigenvalue weighted by Crippen LogP contribution is 2.07. The lowest BCUT2D eigenvalue weighted by atomic mass is 10.1. The Labute approximate surface area is 186 Å². The minimum Gasteiger partial charge on any atom is -0.480 e. The van der Waals surface area contributed by atoms with Gasteiger partial charge in [-0.25, -0.2) is 9.78 Å². The molecule has 9 heteroatoms. The highest BCUT2D eigenvalue weighted by molar-refractivity contribution is 5.96. The lowest BCUT2D eigenvalue weighted by Crippen LogP contribution is -2.41. The van der Waals surface area contributed by atoms with Crippen molar-refractivity contribution in [2.24, 2.45) is 0 Å². The summed E-state index contributed by atoms with van der Waals surface area (Å²) in [7, 11) is 0. The first-order chi connectivity index (χ1) is 15.6. The van der Waals surface area contributed by atoms with Gasteiger partial charge in [-0.15, -0.1) is 0 Å². The fourth-order valence-corrected chi connectivity index (χ4v) is 3.15. The van der Waals surface area contributed by atoms with Crippen LogP contribution in [-0.4, -0.2) is 44.5 Å². The lowest BCUT2D eigenvalue weighted by molar-refractivity contribution is -0.139. The SMILES string of the molecule is O=C(N[C@@H](CCCNCc1cnc[nH]1)C(=O)O)c1ccc(CNCc2ccccn2)cc1. The molecule has 2 aromatic heterocycles. The normalized spacial score (nSPS) is 11.8. The van der Waals surface area contributed by atoms with E-state index in [1.807, 2.05) is 30.3 Å². The molecule has 9 nitrogen and oxygen atoms in total. The predicted molar refractivity (Wildman–Crippen MR) is 120 cm³/mol. The van der Waals surface area contributed by atoms with Gasteiger partial charge in [0.1, 0.15) is 6.04 Å². The number of rotatable bonds is 13. The first-order valence-corrected chi connectivity index (χ1v) is 10.5. The molecule has 1 atom stereocenters. The number of nitrogens with one attached hydrogen (secondary N) is 4. The van der Waals surface area contributed by atoms with Crippen molar-refractivity contribution < 1.29 is 14.7 Å². The van der Waals surface area contributed by atoms with E-state index in [0.717, 1.165) is 17.0 Å². The summed E-state index contributed by atoms with van der Waals surface area (Å²) in [5.41, 5.74) is 3.38. The zero-order valence-electron chi connectivity index (χ0n) is 17.8. The van der Waals surface area contributed by atoms with Crippen LogP contribution in [0.3, 0.4) is 0 Å². The summed E-state index contributed by atoms with van der Waals surface area (Å²) in [6.45, 7) is 2.56. The van der Waals surface area contributed by atoms with Gasteiger partial charge in [0.25, 0.3) is 5.91 Å². The third kappa shape index (κ3) is 7.60. The van der Waals surface area contributed by atoms with Crippen molar-refractivity contribution in [1.29, 1.82) is 0 Å². The minimum atomic E-state index is -1.04. The molecule has 1 aromatic carbocycles. The number of carbonyl (C=O) groups is 2. The van der Waals surface area contributed by atoms with Gasteiger partial charge in [0.2, 0.25) is 0 Å². The second kappa shape index (κ2) is 12.3. The van der Waals surface area contributed by atoms with Crippen LogP contribution >= 0.6 is 0 Å². The number of carbonyl (C=O) groups excluding carboxylic acids is 1. The molecule has 0 unspecified atom stereocenters. The number of pyridine rings is 1. The van der Waals surface area contributed by atoms with Gasteiger partial charge in [-0.3, -0.25) is 9.78 Å². The van der Waals surface area contributed by atoms with Gasteiger partial charge in [0.05, 0.1) is 12.0 Å². The number of imidazole rings is 1. The molecule has 0 aliphatic heterocycles. The number of benzene rings is 1. The van der Waals surface area contributed by atoms with Gasteiger partial charge in [-0.2, -0.15) is 0 Å². The lowest BCUT2D eigenvalue weighted by Gasteiger charge is -2.15. The van der Waals surface area contributed by atoms with Crippen molar-refractivity contribution >= 4 is 11.9 Å². The summed E-state index contributed by atoms with van der Waals surface area (Å²) < 4.78 is 0. The van der Waals surface area contributed by atoms with Crippen LogP contribution in [0.4, 0.5) is 0 Å². The van der Waals surface area contributed by atoms with Gasteiger partial charge in [0.15, 0.2) is 0 Å². The number of hydrogen-bond donors (Lipinski definition) is 5. The van der Waals surface area contributed by atoms with E-state index in [2.05, 4.69) is 30.9 Å². The molecule has 0 saturated carbocycles. The number of carboxylic acid groups (broad SMARTS) is 1. The first-order valence-electron chi connectivity index (χ1n) is 10.5. The first kappa shape index (κ1) is 23.1. The Hall–Kier alpha value is -3.56. The molecule has 0 radical (unpaired) electrons. The molecule has 32 heavy (non-hydrogen) atoms.